The first-order valence-corrected chi connectivity index (χ1v) is 7.05. The van der Waals surface area contributed by atoms with Gasteiger partial charge >= 0.3 is 5.63 Å². The van der Waals surface area contributed by atoms with Crippen molar-refractivity contribution in [1.82, 2.24) is 0 Å². The van der Waals surface area contributed by atoms with Gasteiger partial charge in [-0.05, 0) is 48.0 Å². The molecule has 6 nitrogen and oxygen atoms in total. The van der Waals surface area contributed by atoms with E-state index in [0.717, 1.165) is 0 Å². The van der Waals surface area contributed by atoms with Crippen molar-refractivity contribution in [3.63, 3.8) is 0 Å². The smallest absolute Gasteiger partial charge is 0.348 e. The minimum Gasteiger partial charge on any atom is -0.507 e. The molecule has 0 saturated heterocycles. The Hall–Kier alpha value is -2.59. The van der Waals surface area contributed by atoms with Crippen molar-refractivity contribution in [2.45, 2.75) is 13.8 Å². The topological polar surface area (TPSA) is 98.6 Å². The number of hydrazone groups is 1. The minimum absolute atomic E-state index is 0.00538. The molecule has 2 aromatic rings. The molecule has 2 N–H and O–H groups in total. The van der Waals surface area contributed by atoms with E-state index >= 15 is 0 Å². The van der Waals surface area contributed by atoms with Crippen LogP contribution in [0.3, 0.4) is 0 Å². The van der Waals surface area contributed by atoms with Gasteiger partial charge in [0.25, 0.3) is 0 Å². The summed E-state index contributed by atoms with van der Waals surface area (Å²) < 4.78 is 5.57. The van der Waals surface area contributed by atoms with Gasteiger partial charge in [-0.2, -0.15) is 10.4 Å². The van der Waals surface area contributed by atoms with Crippen LogP contribution < -0.4 is 11.1 Å². The van der Waals surface area contributed by atoms with Crippen molar-refractivity contribution in [3.8, 4) is 11.8 Å². The summed E-state index contributed by atoms with van der Waals surface area (Å²) in [6.45, 7) is 3.15. The lowest BCUT2D eigenvalue weighted by Gasteiger charge is -2.06. The number of nitriles is 1. The van der Waals surface area contributed by atoms with Crippen molar-refractivity contribution < 1.29 is 9.52 Å². The molecule has 0 amide bonds. The maximum Gasteiger partial charge on any atom is 0.348 e. The number of aryl methyl sites for hydroxylation is 1. The maximum atomic E-state index is 11.8. The highest BCUT2D eigenvalue weighted by Crippen LogP contribution is 2.21. The molecule has 0 fully saturated rings. The number of hydrogen-bond acceptors (Lipinski definition) is 6. The summed E-state index contributed by atoms with van der Waals surface area (Å²) in [5.41, 5.74) is 3.53. The molecule has 1 heterocycles. The molecular formula is C15H12BrN3O3. The molecule has 0 saturated carbocycles. The van der Waals surface area contributed by atoms with E-state index in [9.17, 15) is 9.90 Å². The molecule has 0 aliphatic heterocycles. The van der Waals surface area contributed by atoms with Crippen LogP contribution in [-0.2, 0) is 0 Å². The van der Waals surface area contributed by atoms with Gasteiger partial charge in [-0.25, -0.2) is 4.79 Å². The van der Waals surface area contributed by atoms with Gasteiger partial charge in [-0.15, -0.1) is 0 Å². The van der Waals surface area contributed by atoms with Gasteiger partial charge in [0, 0.05) is 10.5 Å². The van der Waals surface area contributed by atoms with Crippen LogP contribution in [0.25, 0.3) is 0 Å². The average Bonchev–Trinajstić information content (AvgIpc) is 2.44. The largest absolute Gasteiger partial charge is 0.507 e. The highest BCUT2D eigenvalue weighted by molar-refractivity contribution is 9.10. The molecule has 0 aliphatic rings. The lowest BCUT2D eigenvalue weighted by molar-refractivity contribution is 0.432. The fourth-order valence-corrected chi connectivity index (χ4v) is 2.28. The van der Waals surface area contributed by atoms with Crippen molar-refractivity contribution in [1.29, 1.82) is 5.26 Å². The van der Waals surface area contributed by atoms with E-state index in [-0.39, 0.29) is 17.0 Å². The fourth-order valence-electron chi connectivity index (χ4n) is 1.81. The monoisotopic (exact) mass is 361 g/mol. The van der Waals surface area contributed by atoms with Crippen LogP contribution in [0.1, 0.15) is 23.8 Å². The van der Waals surface area contributed by atoms with Crippen LogP contribution in [0.2, 0.25) is 0 Å². The second kappa shape index (κ2) is 6.45. The Morgan fingerprint density at radius 3 is 2.77 bits per heavy atom. The first kappa shape index (κ1) is 15.8. The van der Waals surface area contributed by atoms with E-state index in [1.54, 1.807) is 32.0 Å². The predicted octanol–water partition coefficient (Wildman–Crippen LogP) is 3.12. The van der Waals surface area contributed by atoms with E-state index in [2.05, 4.69) is 26.5 Å². The fraction of sp³-hybridized carbons (Fsp3) is 0.133. The molecule has 0 radical (unpaired) electrons. The quantitative estimate of drug-likeness (QED) is 0.646. The number of nitrogens with one attached hydrogen (secondary N) is 1. The Bertz CT molecular complexity index is 850. The standard InChI is InChI=1S/C15H12BrN3O3/c1-8-5-13(20)14(15(21)22-8)9(2)18-19-11-4-3-10(7-17)12(16)6-11/h3-6,19-20H,1-2H3/b18-9-. The molecule has 112 valence electrons. The Kier molecular flexibility index (Phi) is 4.63. The molecule has 0 spiro atoms. The van der Waals surface area contributed by atoms with Crippen molar-refractivity contribution in [2.24, 2.45) is 5.10 Å². The predicted molar refractivity (Wildman–Crippen MR) is 86.1 cm³/mol. The Morgan fingerprint density at radius 1 is 1.45 bits per heavy atom. The molecule has 0 unspecified atom stereocenters. The molecule has 0 aliphatic carbocycles. The van der Waals surface area contributed by atoms with Gasteiger partial charge in [0.1, 0.15) is 23.1 Å². The third-order valence-electron chi connectivity index (χ3n) is 2.86. The number of rotatable bonds is 3. The van der Waals surface area contributed by atoms with E-state index < -0.39 is 5.63 Å². The molecule has 0 atom stereocenters. The summed E-state index contributed by atoms with van der Waals surface area (Å²) in [5, 5.41) is 22.8. The van der Waals surface area contributed by atoms with Gasteiger partial charge < -0.3 is 9.52 Å². The highest BCUT2D eigenvalue weighted by atomic mass is 79.9. The van der Waals surface area contributed by atoms with E-state index in [1.807, 2.05) is 6.07 Å². The van der Waals surface area contributed by atoms with Gasteiger partial charge in [0.05, 0.1) is 17.0 Å². The van der Waals surface area contributed by atoms with Gasteiger partial charge in [0.15, 0.2) is 0 Å². The zero-order valence-electron chi connectivity index (χ0n) is 11.8. The number of halogens is 1. The number of hydrogen-bond donors (Lipinski definition) is 2. The number of benzene rings is 1. The van der Waals surface area contributed by atoms with E-state index in [0.29, 0.717) is 21.5 Å². The molecule has 2 rings (SSSR count). The van der Waals surface area contributed by atoms with Crippen LogP contribution in [0.15, 0.2) is 43.1 Å². The SMILES string of the molecule is C/C(=N/Nc1ccc(C#N)c(Br)c1)c1c(O)cc(C)oc1=O. The molecule has 22 heavy (non-hydrogen) atoms. The van der Waals surface area contributed by atoms with Crippen molar-refractivity contribution in [2.75, 3.05) is 5.43 Å². The number of anilines is 1. The first-order valence-electron chi connectivity index (χ1n) is 6.26. The summed E-state index contributed by atoms with van der Waals surface area (Å²) >= 11 is 3.27. The van der Waals surface area contributed by atoms with E-state index in [1.165, 1.54) is 6.07 Å². The lowest BCUT2D eigenvalue weighted by atomic mass is 10.2. The molecule has 0 bridgehead atoms. The summed E-state index contributed by atoms with van der Waals surface area (Å²) in [5.74, 6) is 0.140. The van der Waals surface area contributed by atoms with Gasteiger partial charge in [-0.3, -0.25) is 5.43 Å². The van der Waals surface area contributed by atoms with Gasteiger partial charge in [0.2, 0.25) is 0 Å². The Labute approximate surface area is 134 Å². The lowest BCUT2D eigenvalue weighted by Crippen LogP contribution is -2.14. The third kappa shape index (κ3) is 3.35. The van der Waals surface area contributed by atoms with E-state index in [4.69, 9.17) is 9.68 Å². The summed E-state index contributed by atoms with van der Waals surface area (Å²) in [7, 11) is 0. The summed E-state index contributed by atoms with van der Waals surface area (Å²) in [6, 6.07) is 8.39. The maximum absolute atomic E-state index is 11.8. The van der Waals surface area contributed by atoms with Gasteiger partial charge in [-0.1, -0.05) is 0 Å². The Morgan fingerprint density at radius 2 is 2.18 bits per heavy atom. The number of aromatic hydroxyl groups is 1. The minimum atomic E-state index is -0.651. The average molecular weight is 362 g/mol. The highest BCUT2D eigenvalue weighted by Gasteiger charge is 2.13. The van der Waals surface area contributed by atoms with Crippen LogP contribution in [-0.4, -0.2) is 10.8 Å². The van der Waals surface area contributed by atoms with Crippen LogP contribution >= 0.6 is 15.9 Å². The first-order chi connectivity index (χ1) is 10.4. The molecule has 1 aromatic heterocycles. The molecule has 1 aromatic carbocycles. The van der Waals surface area contributed by atoms with Crippen LogP contribution in [0.4, 0.5) is 5.69 Å². The zero-order chi connectivity index (χ0) is 16.3. The molecular weight excluding hydrogens is 350 g/mol. The second-order valence-electron chi connectivity index (χ2n) is 4.52. The molecule has 7 heteroatoms. The number of nitrogens with zero attached hydrogens (tertiary/aromatic N) is 2. The van der Waals surface area contributed by atoms with Crippen molar-refractivity contribution >= 4 is 27.3 Å². The Balaban J connectivity index is 2.30. The zero-order valence-corrected chi connectivity index (χ0v) is 13.4. The van der Waals surface area contributed by atoms with Crippen LogP contribution in [0, 0.1) is 18.3 Å². The summed E-state index contributed by atoms with van der Waals surface area (Å²) in [4.78, 5) is 11.8. The van der Waals surface area contributed by atoms with Crippen LogP contribution in [0.5, 0.6) is 5.75 Å². The third-order valence-corrected chi connectivity index (χ3v) is 3.51. The normalized spacial score (nSPS) is 11.1. The summed E-state index contributed by atoms with van der Waals surface area (Å²) in [6.07, 6.45) is 0. The van der Waals surface area contributed by atoms with Crippen molar-refractivity contribution in [3.05, 3.63) is 56.0 Å². The second-order valence-corrected chi connectivity index (χ2v) is 5.37.